The number of nitrogens with one attached hydrogen (secondary N) is 1. The molecule has 1 aliphatic rings. The number of likely N-dealkylation sites (tertiary alicyclic amines) is 1. The first-order valence-corrected chi connectivity index (χ1v) is 8.57. The Labute approximate surface area is 129 Å². The van der Waals surface area contributed by atoms with Crippen LogP contribution in [0.1, 0.15) is 25.5 Å². The van der Waals surface area contributed by atoms with Gasteiger partial charge < -0.3 is 15.0 Å². The van der Waals surface area contributed by atoms with E-state index in [-0.39, 0.29) is 0 Å². The number of thiazole rings is 1. The molecular weight excluding hydrogens is 284 g/mol. The first kappa shape index (κ1) is 14.8. The van der Waals surface area contributed by atoms with E-state index in [4.69, 9.17) is 4.74 Å². The van der Waals surface area contributed by atoms with E-state index >= 15 is 0 Å². The van der Waals surface area contributed by atoms with Gasteiger partial charge in [0.15, 0.2) is 4.96 Å². The molecule has 0 atom stereocenters. The van der Waals surface area contributed by atoms with E-state index in [1.807, 2.05) is 0 Å². The Morgan fingerprint density at radius 3 is 3.00 bits per heavy atom. The van der Waals surface area contributed by atoms with E-state index in [9.17, 15) is 0 Å². The Hall–Kier alpha value is -1.11. The van der Waals surface area contributed by atoms with Crippen LogP contribution in [0.5, 0.6) is 5.88 Å². The van der Waals surface area contributed by atoms with E-state index in [1.165, 1.54) is 25.9 Å². The van der Waals surface area contributed by atoms with Crippen LogP contribution in [0.4, 0.5) is 0 Å². The highest BCUT2D eigenvalue weighted by Gasteiger charge is 2.16. The van der Waals surface area contributed by atoms with Crippen LogP contribution in [0.2, 0.25) is 0 Å². The summed E-state index contributed by atoms with van der Waals surface area (Å²) >= 11 is 1.64. The largest absolute Gasteiger partial charge is 0.480 e. The van der Waals surface area contributed by atoms with Crippen molar-refractivity contribution in [2.75, 3.05) is 33.3 Å². The van der Waals surface area contributed by atoms with Crippen molar-refractivity contribution in [3.05, 3.63) is 17.3 Å². The average molecular weight is 308 g/mol. The van der Waals surface area contributed by atoms with Crippen LogP contribution < -0.4 is 10.1 Å². The Morgan fingerprint density at radius 2 is 2.24 bits per heavy atom. The van der Waals surface area contributed by atoms with Crippen LogP contribution in [-0.4, -0.2) is 47.6 Å². The van der Waals surface area contributed by atoms with Crippen LogP contribution in [0.25, 0.3) is 4.96 Å². The summed E-state index contributed by atoms with van der Waals surface area (Å²) in [6.45, 7) is 7.77. The van der Waals surface area contributed by atoms with Crippen molar-refractivity contribution >= 4 is 16.3 Å². The van der Waals surface area contributed by atoms with Crippen molar-refractivity contribution < 1.29 is 4.74 Å². The van der Waals surface area contributed by atoms with Gasteiger partial charge in [-0.3, -0.25) is 4.40 Å². The Balaban J connectivity index is 1.49. The normalized spacial score (nSPS) is 17.6. The summed E-state index contributed by atoms with van der Waals surface area (Å²) in [7, 11) is 1.69. The maximum Gasteiger partial charge on any atom is 0.237 e. The van der Waals surface area contributed by atoms with Gasteiger partial charge in [0.25, 0.3) is 0 Å². The lowest BCUT2D eigenvalue weighted by Gasteiger charge is -2.30. The number of hydrogen-bond acceptors (Lipinski definition) is 5. The molecule has 0 aromatic carbocycles. The second-order valence-electron chi connectivity index (χ2n) is 5.82. The quantitative estimate of drug-likeness (QED) is 0.831. The Morgan fingerprint density at radius 1 is 1.43 bits per heavy atom. The fourth-order valence-corrected chi connectivity index (χ4v) is 3.59. The number of methoxy groups -OCH3 is 1. The SMILES string of the molecule is COc1nc2sccn2c1CNCCN1CCC(C)CC1. The van der Waals surface area contributed by atoms with Gasteiger partial charge in [0.1, 0.15) is 5.69 Å². The first-order chi connectivity index (χ1) is 10.3. The summed E-state index contributed by atoms with van der Waals surface area (Å²) in [6.07, 6.45) is 4.73. The fourth-order valence-electron chi connectivity index (χ4n) is 2.87. The Bertz CT molecular complexity index is 571. The summed E-state index contributed by atoms with van der Waals surface area (Å²) in [6, 6.07) is 0. The molecule has 0 amide bonds. The fraction of sp³-hybridized carbons (Fsp3) is 0.667. The van der Waals surface area contributed by atoms with Gasteiger partial charge in [0.05, 0.1) is 7.11 Å². The van der Waals surface area contributed by atoms with Gasteiger partial charge >= 0.3 is 0 Å². The van der Waals surface area contributed by atoms with Crippen LogP contribution in [-0.2, 0) is 6.54 Å². The number of piperidine rings is 1. The second-order valence-corrected chi connectivity index (χ2v) is 6.70. The minimum absolute atomic E-state index is 0.737. The van der Waals surface area contributed by atoms with Gasteiger partial charge in [0.2, 0.25) is 5.88 Å². The predicted octanol–water partition coefficient (Wildman–Crippen LogP) is 2.23. The van der Waals surface area contributed by atoms with Crippen molar-refractivity contribution in [3.8, 4) is 5.88 Å². The van der Waals surface area contributed by atoms with Crippen molar-refractivity contribution in [3.63, 3.8) is 0 Å². The molecule has 0 radical (unpaired) electrons. The van der Waals surface area contributed by atoms with Crippen molar-refractivity contribution in [2.45, 2.75) is 26.3 Å². The smallest absolute Gasteiger partial charge is 0.237 e. The monoisotopic (exact) mass is 308 g/mol. The molecule has 1 saturated heterocycles. The molecule has 5 nitrogen and oxygen atoms in total. The lowest BCUT2D eigenvalue weighted by Crippen LogP contribution is -2.37. The third kappa shape index (κ3) is 3.39. The highest BCUT2D eigenvalue weighted by atomic mass is 32.1. The zero-order chi connectivity index (χ0) is 14.7. The molecule has 2 aromatic rings. The third-order valence-corrected chi connectivity index (χ3v) is 5.05. The predicted molar refractivity (Wildman–Crippen MR) is 86.2 cm³/mol. The number of rotatable bonds is 6. The number of nitrogens with zero attached hydrogens (tertiary/aromatic N) is 3. The van der Waals surface area contributed by atoms with Crippen LogP contribution >= 0.6 is 11.3 Å². The zero-order valence-electron chi connectivity index (χ0n) is 12.8. The Kier molecular flexibility index (Phi) is 4.77. The lowest BCUT2D eigenvalue weighted by atomic mass is 9.99. The number of aromatic nitrogens is 2. The number of fused-ring (bicyclic) bond motifs is 1. The molecule has 0 aliphatic carbocycles. The van der Waals surface area contributed by atoms with Crippen molar-refractivity contribution in [2.24, 2.45) is 5.92 Å². The molecule has 3 rings (SSSR count). The molecule has 116 valence electrons. The number of hydrogen-bond donors (Lipinski definition) is 1. The van der Waals surface area contributed by atoms with E-state index in [1.54, 1.807) is 18.4 Å². The van der Waals surface area contributed by atoms with Gasteiger partial charge in [-0.1, -0.05) is 6.92 Å². The highest BCUT2D eigenvalue weighted by molar-refractivity contribution is 7.15. The van der Waals surface area contributed by atoms with Crippen LogP contribution in [0, 0.1) is 5.92 Å². The molecule has 0 unspecified atom stereocenters. The molecule has 1 fully saturated rings. The summed E-state index contributed by atoms with van der Waals surface area (Å²) < 4.78 is 7.48. The molecule has 1 aliphatic heterocycles. The maximum absolute atomic E-state index is 5.37. The topological polar surface area (TPSA) is 41.8 Å². The van der Waals surface area contributed by atoms with Gasteiger partial charge in [-0.15, -0.1) is 11.3 Å². The van der Waals surface area contributed by atoms with Gasteiger partial charge in [-0.2, -0.15) is 4.98 Å². The molecule has 2 aromatic heterocycles. The molecule has 0 spiro atoms. The first-order valence-electron chi connectivity index (χ1n) is 7.69. The zero-order valence-corrected chi connectivity index (χ0v) is 13.7. The van der Waals surface area contributed by atoms with Crippen LogP contribution in [0.15, 0.2) is 11.6 Å². The third-order valence-electron chi connectivity index (χ3n) is 4.29. The van der Waals surface area contributed by atoms with Gasteiger partial charge in [-0.25, -0.2) is 0 Å². The van der Waals surface area contributed by atoms with Crippen LogP contribution in [0.3, 0.4) is 0 Å². The molecule has 6 heteroatoms. The van der Waals surface area contributed by atoms with E-state index in [0.717, 1.165) is 42.1 Å². The summed E-state index contributed by atoms with van der Waals surface area (Å²) in [5, 5.41) is 5.58. The van der Waals surface area contributed by atoms with E-state index in [2.05, 4.69) is 38.1 Å². The van der Waals surface area contributed by atoms with Gasteiger partial charge in [-0.05, 0) is 31.8 Å². The summed E-state index contributed by atoms with van der Waals surface area (Å²) in [4.78, 5) is 8.03. The van der Waals surface area contributed by atoms with E-state index < -0.39 is 0 Å². The molecule has 0 saturated carbocycles. The summed E-state index contributed by atoms with van der Waals surface area (Å²) in [5.41, 5.74) is 1.11. The average Bonchev–Trinajstić information content (AvgIpc) is 3.06. The molecular formula is C15H24N4OS. The minimum Gasteiger partial charge on any atom is -0.480 e. The highest BCUT2D eigenvalue weighted by Crippen LogP contribution is 2.22. The van der Waals surface area contributed by atoms with Crippen molar-refractivity contribution in [1.29, 1.82) is 0 Å². The number of imidazole rings is 1. The maximum atomic E-state index is 5.37. The molecule has 1 N–H and O–H groups in total. The van der Waals surface area contributed by atoms with E-state index in [0.29, 0.717) is 0 Å². The molecule has 3 heterocycles. The standard InChI is InChI=1S/C15H24N4OS/c1-12-3-6-18(7-4-12)8-5-16-11-13-14(20-2)17-15-19(13)9-10-21-15/h9-10,12,16H,3-8,11H2,1-2H3. The molecule has 0 bridgehead atoms. The van der Waals surface area contributed by atoms with Crippen molar-refractivity contribution in [1.82, 2.24) is 19.6 Å². The lowest BCUT2D eigenvalue weighted by molar-refractivity contribution is 0.193. The molecule has 21 heavy (non-hydrogen) atoms. The summed E-state index contributed by atoms with van der Waals surface area (Å²) in [5.74, 6) is 1.64. The minimum atomic E-state index is 0.737. The number of ether oxygens (including phenoxy) is 1. The van der Waals surface area contributed by atoms with Gasteiger partial charge in [0, 0.05) is 31.2 Å². The second kappa shape index (κ2) is 6.77.